The van der Waals surface area contributed by atoms with Crippen molar-refractivity contribution >= 4 is 11.6 Å². The van der Waals surface area contributed by atoms with E-state index in [0.717, 1.165) is 31.7 Å². The number of nitrogens with one attached hydrogen (secondary N) is 1. The first kappa shape index (κ1) is 14.2. The van der Waals surface area contributed by atoms with E-state index in [1.165, 1.54) is 32.1 Å². The zero-order valence-corrected chi connectivity index (χ0v) is 12.6. The molecule has 2 fully saturated rings. The Morgan fingerprint density at radius 2 is 2.05 bits per heavy atom. The first-order valence-corrected chi connectivity index (χ1v) is 8.01. The van der Waals surface area contributed by atoms with Gasteiger partial charge in [0.25, 0.3) is 0 Å². The molecule has 1 heterocycles. The van der Waals surface area contributed by atoms with Crippen molar-refractivity contribution < 1.29 is 5.11 Å². The fourth-order valence-corrected chi connectivity index (χ4v) is 3.91. The quantitative estimate of drug-likeness (QED) is 0.879. The SMILES string of the molecule is Oc1ccc(Cl)cc1CN1CCNCC12CCCCC2. The fourth-order valence-electron chi connectivity index (χ4n) is 3.72. The van der Waals surface area contributed by atoms with Crippen molar-refractivity contribution in [3.05, 3.63) is 28.8 Å². The molecule has 0 amide bonds. The number of nitrogens with zero attached hydrogens (tertiary/aromatic N) is 1. The summed E-state index contributed by atoms with van der Waals surface area (Å²) in [6.07, 6.45) is 6.53. The number of piperazine rings is 1. The Bertz CT molecular complexity index is 463. The van der Waals surface area contributed by atoms with Crippen LogP contribution in [-0.2, 0) is 6.54 Å². The summed E-state index contributed by atoms with van der Waals surface area (Å²) < 4.78 is 0. The topological polar surface area (TPSA) is 35.5 Å². The smallest absolute Gasteiger partial charge is 0.120 e. The van der Waals surface area contributed by atoms with E-state index in [0.29, 0.717) is 10.8 Å². The molecule has 2 N–H and O–H groups in total. The van der Waals surface area contributed by atoms with Crippen LogP contribution in [0.5, 0.6) is 5.75 Å². The molecular weight excluding hydrogens is 272 g/mol. The lowest BCUT2D eigenvalue weighted by atomic mass is 9.79. The second-order valence-corrected chi connectivity index (χ2v) is 6.59. The van der Waals surface area contributed by atoms with Gasteiger partial charge in [0, 0.05) is 42.3 Å². The zero-order valence-electron chi connectivity index (χ0n) is 11.9. The maximum atomic E-state index is 10.1. The van der Waals surface area contributed by atoms with Crippen molar-refractivity contribution in [1.29, 1.82) is 0 Å². The molecule has 1 aromatic carbocycles. The van der Waals surface area contributed by atoms with Gasteiger partial charge in [-0.1, -0.05) is 30.9 Å². The second kappa shape index (κ2) is 5.92. The Balaban J connectivity index is 1.81. The van der Waals surface area contributed by atoms with E-state index in [-0.39, 0.29) is 5.54 Å². The highest BCUT2D eigenvalue weighted by atomic mass is 35.5. The lowest BCUT2D eigenvalue weighted by Crippen LogP contribution is -2.61. The lowest BCUT2D eigenvalue weighted by molar-refractivity contribution is 0.0204. The van der Waals surface area contributed by atoms with Gasteiger partial charge >= 0.3 is 0 Å². The summed E-state index contributed by atoms with van der Waals surface area (Å²) in [5.74, 6) is 0.360. The third kappa shape index (κ3) is 2.80. The maximum Gasteiger partial charge on any atom is 0.120 e. The van der Waals surface area contributed by atoms with Gasteiger partial charge in [0.1, 0.15) is 5.75 Å². The third-order valence-electron chi connectivity index (χ3n) is 4.87. The Hall–Kier alpha value is -0.770. The number of phenolic OH excluding ortho intramolecular Hbond substituents is 1. The second-order valence-electron chi connectivity index (χ2n) is 6.16. The highest BCUT2D eigenvalue weighted by molar-refractivity contribution is 6.30. The predicted octanol–water partition coefficient (Wildman–Crippen LogP) is 3.15. The van der Waals surface area contributed by atoms with Gasteiger partial charge in [0.05, 0.1) is 0 Å². The number of halogens is 1. The Morgan fingerprint density at radius 1 is 1.25 bits per heavy atom. The van der Waals surface area contributed by atoms with E-state index < -0.39 is 0 Å². The molecule has 20 heavy (non-hydrogen) atoms. The van der Waals surface area contributed by atoms with Crippen LogP contribution in [0.15, 0.2) is 18.2 Å². The molecule has 0 aromatic heterocycles. The van der Waals surface area contributed by atoms with Gasteiger partial charge in [0.15, 0.2) is 0 Å². The molecule has 0 bridgehead atoms. The van der Waals surface area contributed by atoms with Crippen LogP contribution in [0.3, 0.4) is 0 Å². The van der Waals surface area contributed by atoms with Crippen molar-refractivity contribution in [2.75, 3.05) is 19.6 Å². The van der Waals surface area contributed by atoms with Crippen LogP contribution in [0.25, 0.3) is 0 Å². The average molecular weight is 295 g/mol. The third-order valence-corrected chi connectivity index (χ3v) is 5.11. The number of benzene rings is 1. The Kier molecular flexibility index (Phi) is 4.20. The molecule has 1 saturated heterocycles. The largest absolute Gasteiger partial charge is 0.508 e. The minimum absolute atomic E-state index is 0.283. The van der Waals surface area contributed by atoms with Crippen molar-refractivity contribution in [2.45, 2.75) is 44.2 Å². The van der Waals surface area contributed by atoms with Gasteiger partial charge in [-0.2, -0.15) is 0 Å². The van der Waals surface area contributed by atoms with Crippen LogP contribution in [-0.4, -0.2) is 35.2 Å². The number of aromatic hydroxyl groups is 1. The summed E-state index contributed by atoms with van der Waals surface area (Å²) in [7, 11) is 0. The summed E-state index contributed by atoms with van der Waals surface area (Å²) in [5.41, 5.74) is 1.23. The molecule has 3 nitrogen and oxygen atoms in total. The van der Waals surface area contributed by atoms with E-state index in [1.807, 2.05) is 6.07 Å². The molecule has 0 radical (unpaired) electrons. The molecule has 3 rings (SSSR count). The van der Waals surface area contributed by atoms with Crippen molar-refractivity contribution in [3.8, 4) is 5.75 Å². The minimum Gasteiger partial charge on any atom is -0.508 e. The molecule has 110 valence electrons. The summed E-state index contributed by atoms with van der Waals surface area (Å²) in [4.78, 5) is 2.56. The van der Waals surface area contributed by atoms with Crippen LogP contribution < -0.4 is 5.32 Å². The Morgan fingerprint density at radius 3 is 2.85 bits per heavy atom. The molecule has 1 aliphatic heterocycles. The van der Waals surface area contributed by atoms with Gasteiger partial charge in [-0.05, 0) is 31.0 Å². The molecule has 1 saturated carbocycles. The number of hydrogen-bond donors (Lipinski definition) is 2. The highest BCUT2D eigenvalue weighted by Gasteiger charge is 2.39. The van der Waals surface area contributed by atoms with Crippen molar-refractivity contribution in [2.24, 2.45) is 0 Å². The average Bonchev–Trinajstić information content (AvgIpc) is 2.46. The molecule has 1 spiro atoms. The Labute approximate surface area is 125 Å². The predicted molar refractivity (Wildman–Crippen MR) is 82.2 cm³/mol. The van der Waals surface area contributed by atoms with Crippen LogP contribution >= 0.6 is 11.6 Å². The molecule has 1 aromatic rings. The zero-order chi connectivity index (χ0) is 14.0. The van der Waals surface area contributed by atoms with Crippen molar-refractivity contribution in [1.82, 2.24) is 10.2 Å². The van der Waals surface area contributed by atoms with E-state index in [1.54, 1.807) is 12.1 Å². The molecule has 1 aliphatic carbocycles. The molecular formula is C16H23ClN2O. The molecule has 0 atom stereocenters. The summed E-state index contributed by atoms with van der Waals surface area (Å²) in [5, 5.41) is 14.3. The standard InChI is InChI=1S/C16H23ClN2O/c17-14-4-5-15(20)13(10-14)11-19-9-8-18-12-16(19)6-2-1-3-7-16/h4-5,10,18,20H,1-3,6-9,11-12H2. The number of phenols is 1. The van der Waals surface area contributed by atoms with Gasteiger partial charge in [-0.15, -0.1) is 0 Å². The summed E-state index contributed by atoms with van der Waals surface area (Å²) >= 11 is 6.07. The van der Waals surface area contributed by atoms with Gasteiger partial charge in [-0.3, -0.25) is 4.90 Å². The first-order valence-electron chi connectivity index (χ1n) is 7.63. The number of hydrogen-bond acceptors (Lipinski definition) is 3. The van der Waals surface area contributed by atoms with Gasteiger partial charge < -0.3 is 10.4 Å². The lowest BCUT2D eigenvalue weighted by Gasteiger charge is -2.50. The van der Waals surface area contributed by atoms with Crippen molar-refractivity contribution in [3.63, 3.8) is 0 Å². The highest BCUT2D eigenvalue weighted by Crippen LogP contribution is 2.36. The first-order chi connectivity index (χ1) is 9.70. The van der Waals surface area contributed by atoms with Crippen LogP contribution in [0.1, 0.15) is 37.7 Å². The van der Waals surface area contributed by atoms with Crippen LogP contribution in [0.2, 0.25) is 5.02 Å². The summed E-state index contributed by atoms with van der Waals surface area (Å²) in [6.45, 7) is 3.96. The normalized spacial score (nSPS) is 23.1. The van der Waals surface area contributed by atoms with Gasteiger partial charge in [-0.25, -0.2) is 0 Å². The van der Waals surface area contributed by atoms with E-state index in [4.69, 9.17) is 11.6 Å². The van der Waals surface area contributed by atoms with Crippen LogP contribution in [0, 0.1) is 0 Å². The summed E-state index contributed by atoms with van der Waals surface area (Å²) in [6, 6.07) is 5.34. The monoisotopic (exact) mass is 294 g/mol. The minimum atomic E-state index is 0.283. The number of rotatable bonds is 2. The van der Waals surface area contributed by atoms with Gasteiger partial charge in [0.2, 0.25) is 0 Å². The molecule has 4 heteroatoms. The molecule has 0 unspecified atom stereocenters. The fraction of sp³-hybridized carbons (Fsp3) is 0.625. The van der Waals surface area contributed by atoms with Crippen LogP contribution in [0.4, 0.5) is 0 Å². The van der Waals surface area contributed by atoms with E-state index >= 15 is 0 Å². The van der Waals surface area contributed by atoms with E-state index in [9.17, 15) is 5.11 Å². The van der Waals surface area contributed by atoms with E-state index in [2.05, 4.69) is 10.2 Å². The molecule has 2 aliphatic rings. The maximum absolute atomic E-state index is 10.1.